The summed E-state index contributed by atoms with van der Waals surface area (Å²) in [6, 6.07) is 0. The van der Waals surface area contributed by atoms with Gasteiger partial charge >= 0.3 is 0 Å². The van der Waals surface area contributed by atoms with E-state index in [1.807, 2.05) is 0 Å². The van der Waals surface area contributed by atoms with E-state index < -0.39 is 0 Å². The molecule has 0 aromatic rings. The molecular formula is C11H22N2O2. The number of hydrogen-bond donors (Lipinski definition) is 2. The summed E-state index contributed by atoms with van der Waals surface area (Å²) in [5.74, 6) is 0.0269. The molecule has 0 unspecified atom stereocenters. The number of carbonyl (C=O) groups is 1. The normalized spacial score (nSPS) is 16.9. The first-order valence-corrected chi connectivity index (χ1v) is 5.86. The van der Waals surface area contributed by atoms with Crippen LogP contribution in [0.15, 0.2) is 0 Å². The van der Waals surface area contributed by atoms with Gasteiger partial charge < -0.3 is 15.4 Å². The molecule has 1 saturated carbocycles. The average molecular weight is 214 g/mol. The summed E-state index contributed by atoms with van der Waals surface area (Å²) in [7, 11) is 0. The van der Waals surface area contributed by atoms with E-state index in [0.717, 1.165) is 19.7 Å². The third-order valence-electron chi connectivity index (χ3n) is 2.61. The predicted molar refractivity (Wildman–Crippen MR) is 59.8 cm³/mol. The van der Waals surface area contributed by atoms with Gasteiger partial charge in [0.15, 0.2) is 0 Å². The Labute approximate surface area is 91.8 Å². The Kier molecular flexibility index (Phi) is 6.36. The van der Waals surface area contributed by atoms with E-state index in [2.05, 4.69) is 10.6 Å². The largest absolute Gasteiger partial charge is 0.377 e. The summed E-state index contributed by atoms with van der Waals surface area (Å²) < 4.78 is 5.68. The van der Waals surface area contributed by atoms with Gasteiger partial charge in [0, 0.05) is 26.6 Å². The third-order valence-corrected chi connectivity index (χ3v) is 2.61. The average Bonchev–Trinajstić information content (AvgIpc) is 2.68. The Morgan fingerprint density at radius 1 is 1.27 bits per heavy atom. The number of amides is 1. The van der Waals surface area contributed by atoms with Crippen molar-refractivity contribution in [2.24, 2.45) is 0 Å². The molecule has 1 amide bonds. The molecule has 88 valence electrons. The van der Waals surface area contributed by atoms with Crippen molar-refractivity contribution >= 4 is 5.91 Å². The minimum atomic E-state index is 0.0269. The van der Waals surface area contributed by atoms with Crippen molar-refractivity contribution in [3.8, 4) is 0 Å². The second kappa shape index (κ2) is 7.65. The van der Waals surface area contributed by atoms with Gasteiger partial charge in [-0.25, -0.2) is 0 Å². The first-order chi connectivity index (χ1) is 7.29. The Balaban J connectivity index is 1.78. The summed E-state index contributed by atoms with van der Waals surface area (Å²) in [5, 5.41) is 5.96. The summed E-state index contributed by atoms with van der Waals surface area (Å²) in [6.07, 6.45) is 5.60. The molecule has 1 fully saturated rings. The van der Waals surface area contributed by atoms with Crippen molar-refractivity contribution in [1.29, 1.82) is 0 Å². The molecular weight excluding hydrogens is 192 g/mol. The van der Waals surface area contributed by atoms with Crippen molar-refractivity contribution in [2.75, 3.05) is 26.2 Å². The maximum Gasteiger partial charge on any atom is 0.216 e. The van der Waals surface area contributed by atoms with E-state index in [9.17, 15) is 4.79 Å². The lowest BCUT2D eigenvalue weighted by molar-refractivity contribution is -0.118. The van der Waals surface area contributed by atoms with Crippen LogP contribution in [0.25, 0.3) is 0 Å². The van der Waals surface area contributed by atoms with Crippen LogP contribution in [0.1, 0.15) is 32.6 Å². The van der Waals surface area contributed by atoms with Crippen LogP contribution < -0.4 is 10.6 Å². The maximum atomic E-state index is 10.5. The number of rotatable bonds is 7. The first-order valence-electron chi connectivity index (χ1n) is 5.86. The van der Waals surface area contributed by atoms with Crippen molar-refractivity contribution in [3.63, 3.8) is 0 Å². The predicted octanol–water partition coefficient (Wildman–Crippen LogP) is 0.671. The highest BCUT2D eigenvalue weighted by molar-refractivity contribution is 5.72. The number of carbonyl (C=O) groups excluding carboxylic acids is 1. The zero-order valence-corrected chi connectivity index (χ0v) is 9.55. The van der Waals surface area contributed by atoms with Gasteiger partial charge in [-0.3, -0.25) is 4.79 Å². The Hall–Kier alpha value is -0.610. The second-order valence-electron chi connectivity index (χ2n) is 4.01. The highest BCUT2D eigenvalue weighted by atomic mass is 16.5. The van der Waals surface area contributed by atoms with Gasteiger partial charge in [0.1, 0.15) is 0 Å². The number of hydrogen-bond acceptors (Lipinski definition) is 3. The van der Waals surface area contributed by atoms with Crippen LogP contribution in [-0.4, -0.2) is 38.3 Å². The van der Waals surface area contributed by atoms with Crippen LogP contribution in [-0.2, 0) is 9.53 Å². The van der Waals surface area contributed by atoms with Crippen LogP contribution in [0.4, 0.5) is 0 Å². The summed E-state index contributed by atoms with van der Waals surface area (Å²) in [6.45, 7) is 4.69. The standard InChI is InChI=1S/C11H22N2O2/c1-10(14)13-7-6-12-8-9-15-11-4-2-3-5-11/h11-12H,2-9H2,1H3,(H,13,14). The van der Waals surface area contributed by atoms with E-state index >= 15 is 0 Å². The number of nitrogens with one attached hydrogen (secondary N) is 2. The van der Waals surface area contributed by atoms with Crippen LogP contribution in [0.3, 0.4) is 0 Å². The molecule has 0 atom stereocenters. The molecule has 0 spiro atoms. The molecule has 0 aliphatic heterocycles. The molecule has 1 aliphatic rings. The summed E-state index contributed by atoms with van der Waals surface area (Å²) in [5.41, 5.74) is 0. The molecule has 4 heteroatoms. The minimum absolute atomic E-state index is 0.0269. The first kappa shape index (κ1) is 12.5. The Bertz CT molecular complexity index is 179. The van der Waals surface area contributed by atoms with Crippen LogP contribution in [0, 0.1) is 0 Å². The fourth-order valence-corrected chi connectivity index (χ4v) is 1.80. The minimum Gasteiger partial charge on any atom is -0.377 e. The lowest BCUT2D eigenvalue weighted by atomic mass is 10.3. The third kappa shape index (κ3) is 6.47. The molecule has 15 heavy (non-hydrogen) atoms. The molecule has 1 rings (SSSR count). The fourth-order valence-electron chi connectivity index (χ4n) is 1.80. The van der Waals surface area contributed by atoms with E-state index in [1.54, 1.807) is 0 Å². The van der Waals surface area contributed by atoms with Gasteiger partial charge in [-0.2, -0.15) is 0 Å². The summed E-state index contributed by atoms with van der Waals surface area (Å²) in [4.78, 5) is 10.5. The topological polar surface area (TPSA) is 50.4 Å². The maximum absolute atomic E-state index is 10.5. The van der Waals surface area contributed by atoms with Gasteiger partial charge in [0.2, 0.25) is 5.91 Å². The van der Waals surface area contributed by atoms with Gasteiger partial charge in [0.05, 0.1) is 12.7 Å². The van der Waals surface area contributed by atoms with Crippen molar-refractivity contribution in [2.45, 2.75) is 38.7 Å². The number of ether oxygens (including phenoxy) is 1. The molecule has 0 radical (unpaired) electrons. The molecule has 0 bridgehead atoms. The van der Waals surface area contributed by atoms with E-state index in [-0.39, 0.29) is 5.91 Å². The molecule has 0 aromatic carbocycles. The molecule has 0 heterocycles. The zero-order chi connectivity index (χ0) is 10.9. The quantitative estimate of drug-likeness (QED) is 0.612. The van der Waals surface area contributed by atoms with Crippen LogP contribution in [0.2, 0.25) is 0 Å². The fraction of sp³-hybridized carbons (Fsp3) is 0.909. The molecule has 1 aliphatic carbocycles. The molecule has 4 nitrogen and oxygen atoms in total. The SMILES string of the molecule is CC(=O)NCCNCCOC1CCCC1. The van der Waals surface area contributed by atoms with E-state index in [4.69, 9.17) is 4.74 Å². The van der Waals surface area contributed by atoms with Crippen LogP contribution >= 0.6 is 0 Å². The van der Waals surface area contributed by atoms with Crippen molar-refractivity contribution < 1.29 is 9.53 Å². The monoisotopic (exact) mass is 214 g/mol. The Morgan fingerprint density at radius 3 is 2.67 bits per heavy atom. The van der Waals surface area contributed by atoms with Crippen LogP contribution in [0.5, 0.6) is 0 Å². The second-order valence-corrected chi connectivity index (χ2v) is 4.01. The van der Waals surface area contributed by atoms with Crippen molar-refractivity contribution in [1.82, 2.24) is 10.6 Å². The molecule has 2 N–H and O–H groups in total. The van der Waals surface area contributed by atoms with Crippen molar-refractivity contribution in [3.05, 3.63) is 0 Å². The smallest absolute Gasteiger partial charge is 0.216 e. The highest BCUT2D eigenvalue weighted by Gasteiger charge is 2.14. The lowest BCUT2D eigenvalue weighted by Crippen LogP contribution is -2.32. The Morgan fingerprint density at radius 2 is 2.00 bits per heavy atom. The van der Waals surface area contributed by atoms with Gasteiger partial charge in [-0.15, -0.1) is 0 Å². The zero-order valence-electron chi connectivity index (χ0n) is 9.55. The lowest BCUT2D eigenvalue weighted by Gasteiger charge is -2.11. The highest BCUT2D eigenvalue weighted by Crippen LogP contribution is 2.20. The molecule has 0 saturated heterocycles. The molecule has 0 aromatic heterocycles. The summed E-state index contributed by atoms with van der Waals surface area (Å²) >= 11 is 0. The van der Waals surface area contributed by atoms with Gasteiger partial charge in [-0.1, -0.05) is 12.8 Å². The van der Waals surface area contributed by atoms with E-state index in [1.165, 1.54) is 32.6 Å². The van der Waals surface area contributed by atoms with E-state index in [0.29, 0.717) is 12.6 Å². The van der Waals surface area contributed by atoms with Gasteiger partial charge in [-0.05, 0) is 12.8 Å². The van der Waals surface area contributed by atoms with Gasteiger partial charge in [0.25, 0.3) is 0 Å².